The molecule has 0 N–H and O–H groups in total. The highest BCUT2D eigenvalue weighted by molar-refractivity contribution is 5.78. The number of nitrogens with zero attached hydrogens (tertiary/aromatic N) is 2. The van der Waals surface area contributed by atoms with Crippen molar-refractivity contribution in [2.45, 2.75) is 25.7 Å². The molecule has 1 heterocycles. The van der Waals surface area contributed by atoms with Crippen molar-refractivity contribution in [3.05, 3.63) is 59.7 Å². The van der Waals surface area contributed by atoms with Crippen LogP contribution in [-0.2, 0) is 22.4 Å². The third kappa shape index (κ3) is 5.75. The first-order valence-electron chi connectivity index (χ1n) is 10.4. The predicted octanol–water partition coefficient (Wildman–Crippen LogP) is 2.94. The molecule has 1 aliphatic rings. The molecule has 2 amide bonds. The maximum atomic E-state index is 12.6. The van der Waals surface area contributed by atoms with Gasteiger partial charge in [0.2, 0.25) is 11.8 Å². The van der Waals surface area contributed by atoms with Crippen LogP contribution in [0.2, 0.25) is 0 Å². The van der Waals surface area contributed by atoms with Gasteiger partial charge in [-0.15, -0.1) is 0 Å². The van der Waals surface area contributed by atoms with Crippen LogP contribution in [-0.4, -0.2) is 62.0 Å². The maximum absolute atomic E-state index is 12.6. The Labute approximate surface area is 178 Å². The summed E-state index contributed by atoms with van der Waals surface area (Å²) in [5, 5.41) is 0. The number of rotatable bonds is 8. The Hall–Kier alpha value is -3.02. The smallest absolute Gasteiger partial charge is 0.223 e. The zero-order valence-electron chi connectivity index (χ0n) is 17.8. The maximum Gasteiger partial charge on any atom is 0.223 e. The van der Waals surface area contributed by atoms with E-state index >= 15 is 0 Å². The van der Waals surface area contributed by atoms with Gasteiger partial charge in [0.05, 0.1) is 14.2 Å². The molecule has 0 spiro atoms. The van der Waals surface area contributed by atoms with E-state index in [0.29, 0.717) is 56.9 Å². The average Bonchev–Trinajstić information content (AvgIpc) is 2.81. The zero-order chi connectivity index (χ0) is 21.3. The summed E-state index contributed by atoms with van der Waals surface area (Å²) in [7, 11) is 3.21. The third-order valence-electron chi connectivity index (χ3n) is 5.53. The fourth-order valence-corrected chi connectivity index (χ4v) is 3.70. The lowest BCUT2D eigenvalue weighted by Gasteiger charge is -2.35. The van der Waals surface area contributed by atoms with E-state index < -0.39 is 0 Å². The largest absolute Gasteiger partial charge is 0.493 e. The minimum atomic E-state index is 0.126. The van der Waals surface area contributed by atoms with Crippen LogP contribution in [0, 0.1) is 0 Å². The molecule has 0 radical (unpaired) electrons. The third-order valence-corrected chi connectivity index (χ3v) is 5.53. The molecule has 3 rings (SSSR count). The van der Waals surface area contributed by atoms with E-state index in [2.05, 4.69) is 0 Å². The highest BCUT2D eigenvalue weighted by Gasteiger charge is 2.23. The van der Waals surface area contributed by atoms with E-state index in [1.54, 1.807) is 14.2 Å². The van der Waals surface area contributed by atoms with Crippen molar-refractivity contribution in [3.63, 3.8) is 0 Å². The number of methoxy groups -OCH3 is 2. The Balaban J connectivity index is 1.42. The van der Waals surface area contributed by atoms with Crippen LogP contribution in [0.5, 0.6) is 11.5 Å². The van der Waals surface area contributed by atoms with Gasteiger partial charge >= 0.3 is 0 Å². The first kappa shape index (κ1) is 21.7. The molecule has 0 unspecified atom stereocenters. The number of hydrogen-bond acceptors (Lipinski definition) is 4. The number of amides is 2. The van der Waals surface area contributed by atoms with Gasteiger partial charge in [-0.3, -0.25) is 9.59 Å². The van der Waals surface area contributed by atoms with E-state index in [4.69, 9.17) is 9.47 Å². The second-order valence-electron chi connectivity index (χ2n) is 7.44. The number of carbonyl (C=O) groups is 2. The lowest BCUT2D eigenvalue weighted by Crippen LogP contribution is -2.50. The van der Waals surface area contributed by atoms with Crippen molar-refractivity contribution in [2.24, 2.45) is 0 Å². The van der Waals surface area contributed by atoms with Crippen LogP contribution < -0.4 is 9.47 Å². The van der Waals surface area contributed by atoms with Gasteiger partial charge in [-0.25, -0.2) is 0 Å². The Kier molecular flexibility index (Phi) is 7.71. The number of carbonyl (C=O) groups excluding carboxylic acids is 2. The highest BCUT2D eigenvalue weighted by Crippen LogP contribution is 2.28. The van der Waals surface area contributed by atoms with Gasteiger partial charge in [-0.05, 0) is 36.1 Å². The van der Waals surface area contributed by atoms with Gasteiger partial charge in [-0.1, -0.05) is 36.4 Å². The Morgan fingerprint density at radius 2 is 1.27 bits per heavy atom. The first-order valence-corrected chi connectivity index (χ1v) is 10.4. The van der Waals surface area contributed by atoms with E-state index in [0.717, 1.165) is 12.0 Å². The molecule has 0 saturated carbocycles. The summed E-state index contributed by atoms with van der Waals surface area (Å²) in [6, 6.07) is 15.8. The second-order valence-corrected chi connectivity index (χ2v) is 7.44. The SMILES string of the molecule is COc1ccc(CCC(=O)N2CCN(C(=O)CCc3ccccc3)CC2)cc1OC. The van der Waals surface area contributed by atoms with Gasteiger partial charge in [-0.2, -0.15) is 0 Å². The number of benzene rings is 2. The summed E-state index contributed by atoms with van der Waals surface area (Å²) >= 11 is 0. The molecule has 2 aromatic rings. The number of ether oxygens (including phenoxy) is 2. The number of piperazine rings is 1. The Bertz CT molecular complexity index is 846. The minimum Gasteiger partial charge on any atom is -0.493 e. The van der Waals surface area contributed by atoms with E-state index in [1.165, 1.54) is 5.56 Å². The van der Waals surface area contributed by atoms with Gasteiger partial charge in [0.25, 0.3) is 0 Å². The molecule has 0 atom stereocenters. The van der Waals surface area contributed by atoms with Gasteiger partial charge in [0.15, 0.2) is 11.5 Å². The minimum absolute atomic E-state index is 0.126. The summed E-state index contributed by atoms with van der Waals surface area (Å²) in [6.45, 7) is 2.41. The lowest BCUT2D eigenvalue weighted by atomic mass is 10.1. The molecule has 30 heavy (non-hydrogen) atoms. The summed E-state index contributed by atoms with van der Waals surface area (Å²) in [5.74, 6) is 1.64. The molecule has 6 nitrogen and oxygen atoms in total. The molecule has 1 aliphatic heterocycles. The molecule has 0 aliphatic carbocycles. The lowest BCUT2D eigenvalue weighted by molar-refractivity contribution is -0.139. The quantitative estimate of drug-likeness (QED) is 0.671. The van der Waals surface area contributed by atoms with Crippen LogP contribution in [0.4, 0.5) is 0 Å². The summed E-state index contributed by atoms with van der Waals surface area (Å²) in [4.78, 5) is 28.8. The molecule has 2 aromatic carbocycles. The van der Waals surface area contributed by atoms with Crippen LogP contribution in [0.3, 0.4) is 0 Å². The van der Waals surface area contributed by atoms with Crippen LogP contribution in [0.1, 0.15) is 24.0 Å². The molecule has 6 heteroatoms. The van der Waals surface area contributed by atoms with Crippen molar-refractivity contribution in [3.8, 4) is 11.5 Å². The van der Waals surface area contributed by atoms with Crippen LogP contribution >= 0.6 is 0 Å². The number of hydrogen-bond donors (Lipinski definition) is 0. The topological polar surface area (TPSA) is 59.1 Å². The van der Waals surface area contributed by atoms with Crippen LogP contribution in [0.15, 0.2) is 48.5 Å². The molecule has 1 saturated heterocycles. The predicted molar refractivity (Wildman–Crippen MR) is 116 cm³/mol. The molecule has 0 aromatic heterocycles. The summed E-state index contributed by atoms with van der Waals surface area (Å²) < 4.78 is 10.6. The van der Waals surface area contributed by atoms with Gasteiger partial charge < -0.3 is 19.3 Å². The average molecular weight is 411 g/mol. The molecular weight excluding hydrogens is 380 g/mol. The fraction of sp³-hybridized carbons (Fsp3) is 0.417. The zero-order valence-corrected chi connectivity index (χ0v) is 17.8. The van der Waals surface area contributed by atoms with Crippen molar-refractivity contribution in [2.75, 3.05) is 40.4 Å². The molecular formula is C24H30N2O4. The standard InChI is InChI=1S/C24H30N2O4/c1-29-21-11-8-20(18-22(21)30-2)10-13-24(28)26-16-14-25(15-17-26)23(27)12-9-19-6-4-3-5-7-19/h3-8,11,18H,9-10,12-17H2,1-2H3. The van der Waals surface area contributed by atoms with Crippen molar-refractivity contribution in [1.29, 1.82) is 0 Å². The van der Waals surface area contributed by atoms with E-state index in [1.807, 2.05) is 58.3 Å². The second kappa shape index (κ2) is 10.7. The summed E-state index contributed by atoms with van der Waals surface area (Å²) in [5.41, 5.74) is 2.21. The van der Waals surface area contributed by atoms with Crippen molar-refractivity contribution in [1.82, 2.24) is 9.80 Å². The van der Waals surface area contributed by atoms with Gasteiger partial charge in [0.1, 0.15) is 0 Å². The summed E-state index contributed by atoms with van der Waals surface area (Å²) in [6.07, 6.45) is 2.36. The van der Waals surface area contributed by atoms with Crippen molar-refractivity contribution >= 4 is 11.8 Å². The highest BCUT2D eigenvalue weighted by atomic mass is 16.5. The Morgan fingerprint density at radius 1 is 0.733 bits per heavy atom. The van der Waals surface area contributed by atoms with E-state index in [-0.39, 0.29) is 11.8 Å². The number of aryl methyl sites for hydroxylation is 2. The molecule has 0 bridgehead atoms. The van der Waals surface area contributed by atoms with Gasteiger partial charge in [0, 0.05) is 39.0 Å². The van der Waals surface area contributed by atoms with Crippen molar-refractivity contribution < 1.29 is 19.1 Å². The van der Waals surface area contributed by atoms with E-state index in [9.17, 15) is 9.59 Å². The van der Waals surface area contributed by atoms with Crippen LogP contribution in [0.25, 0.3) is 0 Å². The first-order chi connectivity index (χ1) is 14.6. The molecule has 160 valence electrons. The molecule has 1 fully saturated rings. The fourth-order valence-electron chi connectivity index (χ4n) is 3.70. The monoisotopic (exact) mass is 410 g/mol. The normalized spacial score (nSPS) is 13.8. The Morgan fingerprint density at radius 3 is 1.80 bits per heavy atom.